The zero-order valence-corrected chi connectivity index (χ0v) is 7.42. The van der Waals surface area contributed by atoms with Crippen LogP contribution in [0, 0.1) is 0 Å². The molecule has 68 valence electrons. The number of aromatic hydroxyl groups is 1. The molecule has 2 heteroatoms. The summed E-state index contributed by atoms with van der Waals surface area (Å²) in [7, 11) is 0. The van der Waals surface area contributed by atoms with Gasteiger partial charge in [0.05, 0.1) is 0 Å². The van der Waals surface area contributed by atoms with E-state index in [1.165, 1.54) is 0 Å². The van der Waals surface area contributed by atoms with E-state index in [0.29, 0.717) is 6.42 Å². The maximum atomic E-state index is 11.5. The number of phenols is 1. The monoisotopic (exact) mass is 176 g/mol. The fourth-order valence-corrected chi connectivity index (χ4v) is 1.82. The Morgan fingerprint density at radius 3 is 2.77 bits per heavy atom. The van der Waals surface area contributed by atoms with Gasteiger partial charge in [0, 0.05) is 17.5 Å². The molecule has 0 heterocycles. The maximum absolute atomic E-state index is 11.5. The first kappa shape index (κ1) is 8.30. The summed E-state index contributed by atoms with van der Waals surface area (Å²) >= 11 is 0. The Labute approximate surface area is 77.2 Å². The molecule has 0 spiro atoms. The molecule has 0 aromatic heterocycles. The van der Waals surface area contributed by atoms with Crippen LogP contribution in [-0.4, -0.2) is 10.9 Å². The van der Waals surface area contributed by atoms with Gasteiger partial charge in [0.1, 0.15) is 5.75 Å². The first-order valence-electron chi connectivity index (χ1n) is 4.63. The van der Waals surface area contributed by atoms with Gasteiger partial charge in [-0.15, -0.1) is 0 Å². The predicted octanol–water partition coefficient (Wildman–Crippen LogP) is 2.30. The predicted molar refractivity (Wildman–Crippen MR) is 50.0 cm³/mol. The van der Waals surface area contributed by atoms with Crippen molar-refractivity contribution in [3.8, 4) is 5.75 Å². The highest BCUT2D eigenvalue weighted by Crippen LogP contribution is 2.27. The van der Waals surface area contributed by atoms with E-state index in [2.05, 4.69) is 0 Å². The molecule has 0 aliphatic heterocycles. The molecule has 1 aromatic carbocycles. The van der Waals surface area contributed by atoms with E-state index in [0.717, 1.165) is 30.4 Å². The van der Waals surface area contributed by atoms with Gasteiger partial charge in [0.25, 0.3) is 0 Å². The van der Waals surface area contributed by atoms with Gasteiger partial charge in [-0.1, -0.05) is 12.1 Å². The fourth-order valence-electron chi connectivity index (χ4n) is 1.82. The zero-order chi connectivity index (χ0) is 9.26. The third kappa shape index (κ3) is 1.44. The highest BCUT2D eigenvalue weighted by atomic mass is 16.3. The summed E-state index contributed by atoms with van der Waals surface area (Å²) in [6.45, 7) is 0. The lowest BCUT2D eigenvalue weighted by Crippen LogP contribution is -1.99. The van der Waals surface area contributed by atoms with Gasteiger partial charge in [-0.05, 0) is 25.3 Å². The summed E-state index contributed by atoms with van der Waals surface area (Å²) in [5, 5.41) is 9.55. The number of hydrogen-bond donors (Lipinski definition) is 1. The van der Waals surface area contributed by atoms with Gasteiger partial charge in [0.15, 0.2) is 5.78 Å². The van der Waals surface area contributed by atoms with Crippen LogP contribution in [-0.2, 0) is 6.42 Å². The molecule has 0 radical (unpaired) electrons. The lowest BCUT2D eigenvalue weighted by atomic mass is 10.0. The SMILES string of the molecule is O=C1CCCCc2c(O)cccc21. The van der Waals surface area contributed by atoms with Crippen LogP contribution >= 0.6 is 0 Å². The fraction of sp³-hybridized carbons (Fsp3) is 0.364. The first-order valence-corrected chi connectivity index (χ1v) is 4.63. The molecular formula is C11H12O2. The van der Waals surface area contributed by atoms with Crippen molar-refractivity contribution in [3.05, 3.63) is 29.3 Å². The number of benzene rings is 1. The highest BCUT2D eigenvalue weighted by molar-refractivity contribution is 5.98. The third-order valence-corrected chi connectivity index (χ3v) is 2.53. The van der Waals surface area contributed by atoms with E-state index in [1.54, 1.807) is 12.1 Å². The second kappa shape index (κ2) is 3.21. The van der Waals surface area contributed by atoms with Crippen LogP contribution in [0.2, 0.25) is 0 Å². The number of ketones is 1. The van der Waals surface area contributed by atoms with Crippen molar-refractivity contribution >= 4 is 5.78 Å². The Morgan fingerprint density at radius 2 is 1.92 bits per heavy atom. The zero-order valence-electron chi connectivity index (χ0n) is 7.42. The Kier molecular flexibility index (Phi) is 2.05. The molecule has 1 aliphatic rings. The lowest BCUT2D eigenvalue weighted by Gasteiger charge is -2.05. The van der Waals surface area contributed by atoms with Gasteiger partial charge >= 0.3 is 0 Å². The molecule has 0 bridgehead atoms. The lowest BCUT2D eigenvalue weighted by molar-refractivity contribution is 0.0981. The van der Waals surface area contributed by atoms with E-state index in [9.17, 15) is 9.90 Å². The summed E-state index contributed by atoms with van der Waals surface area (Å²) in [6, 6.07) is 5.19. The van der Waals surface area contributed by atoms with Crippen LogP contribution in [0.25, 0.3) is 0 Å². The van der Waals surface area contributed by atoms with Crippen LogP contribution < -0.4 is 0 Å². The average molecular weight is 176 g/mol. The molecule has 1 N–H and O–H groups in total. The van der Waals surface area contributed by atoms with E-state index in [-0.39, 0.29) is 11.5 Å². The van der Waals surface area contributed by atoms with Gasteiger partial charge in [-0.2, -0.15) is 0 Å². The molecule has 0 saturated heterocycles. The molecule has 1 aromatic rings. The second-order valence-corrected chi connectivity index (χ2v) is 3.43. The van der Waals surface area contributed by atoms with E-state index in [4.69, 9.17) is 0 Å². The minimum absolute atomic E-state index is 0.170. The molecule has 0 saturated carbocycles. The summed E-state index contributed by atoms with van der Waals surface area (Å²) in [5.74, 6) is 0.441. The molecule has 0 amide bonds. The number of Topliss-reactive ketones (excluding diaryl/α,β-unsaturated/α-hetero) is 1. The van der Waals surface area contributed by atoms with Crippen LogP contribution in [0.15, 0.2) is 18.2 Å². The molecule has 2 nitrogen and oxygen atoms in total. The Bertz CT molecular complexity index is 342. The number of carbonyl (C=O) groups excluding carboxylic acids is 1. The van der Waals surface area contributed by atoms with Crippen molar-refractivity contribution in [2.75, 3.05) is 0 Å². The van der Waals surface area contributed by atoms with Crippen molar-refractivity contribution in [2.24, 2.45) is 0 Å². The smallest absolute Gasteiger partial charge is 0.163 e. The van der Waals surface area contributed by atoms with Crippen LogP contribution in [0.4, 0.5) is 0 Å². The largest absolute Gasteiger partial charge is 0.508 e. The van der Waals surface area contributed by atoms with E-state index in [1.807, 2.05) is 6.07 Å². The average Bonchev–Trinajstić information content (AvgIpc) is 2.30. The van der Waals surface area contributed by atoms with Gasteiger partial charge in [-0.25, -0.2) is 0 Å². The quantitative estimate of drug-likeness (QED) is 0.616. The highest BCUT2D eigenvalue weighted by Gasteiger charge is 2.17. The summed E-state index contributed by atoms with van der Waals surface area (Å²) in [5.41, 5.74) is 1.56. The number of fused-ring (bicyclic) bond motifs is 1. The minimum atomic E-state index is 0.170. The Hall–Kier alpha value is -1.31. The Morgan fingerprint density at radius 1 is 1.15 bits per heavy atom. The minimum Gasteiger partial charge on any atom is -0.508 e. The van der Waals surface area contributed by atoms with Gasteiger partial charge < -0.3 is 5.11 Å². The standard InChI is InChI=1S/C11H12O2/c12-10-6-2-1-4-8-9(10)5-3-7-11(8)13/h3,5,7,13H,1-2,4,6H2. The molecular weight excluding hydrogens is 164 g/mol. The molecule has 13 heavy (non-hydrogen) atoms. The summed E-state index contributed by atoms with van der Waals surface area (Å²) in [4.78, 5) is 11.5. The summed E-state index contributed by atoms with van der Waals surface area (Å²) in [6.07, 6.45) is 3.38. The van der Waals surface area contributed by atoms with Crippen LogP contribution in [0.3, 0.4) is 0 Å². The number of carbonyl (C=O) groups is 1. The number of phenolic OH excluding ortho intramolecular Hbond substituents is 1. The Balaban J connectivity index is 2.54. The van der Waals surface area contributed by atoms with Crippen molar-refractivity contribution in [1.82, 2.24) is 0 Å². The van der Waals surface area contributed by atoms with Crippen LogP contribution in [0.5, 0.6) is 5.75 Å². The first-order chi connectivity index (χ1) is 6.29. The van der Waals surface area contributed by atoms with Crippen LogP contribution in [0.1, 0.15) is 35.2 Å². The maximum Gasteiger partial charge on any atom is 0.163 e. The second-order valence-electron chi connectivity index (χ2n) is 3.43. The number of rotatable bonds is 0. The van der Waals surface area contributed by atoms with E-state index >= 15 is 0 Å². The van der Waals surface area contributed by atoms with E-state index < -0.39 is 0 Å². The van der Waals surface area contributed by atoms with Gasteiger partial charge in [-0.3, -0.25) is 4.79 Å². The normalized spacial score (nSPS) is 16.5. The molecule has 0 atom stereocenters. The van der Waals surface area contributed by atoms with Crippen molar-refractivity contribution < 1.29 is 9.90 Å². The number of hydrogen-bond acceptors (Lipinski definition) is 2. The van der Waals surface area contributed by atoms with Gasteiger partial charge in [0.2, 0.25) is 0 Å². The topological polar surface area (TPSA) is 37.3 Å². The third-order valence-electron chi connectivity index (χ3n) is 2.53. The van der Waals surface area contributed by atoms with Crippen molar-refractivity contribution in [1.29, 1.82) is 0 Å². The van der Waals surface area contributed by atoms with Crippen molar-refractivity contribution in [2.45, 2.75) is 25.7 Å². The molecule has 0 fully saturated rings. The molecule has 2 rings (SSSR count). The van der Waals surface area contributed by atoms with Crippen molar-refractivity contribution in [3.63, 3.8) is 0 Å². The summed E-state index contributed by atoms with van der Waals surface area (Å²) < 4.78 is 0. The molecule has 1 aliphatic carbocycles. The molecule has 0 unspecified atom stereocenters.